The first-order valence-electron chi connectivity index (χ1n) is 5.63. The van der Waals surface area contributed by atoms with Crippen LogP contribution in [0.2, 0.25) is 0 Å². The molecule has 0 aliphatic rings. The fourth-order valence-corrected chi connectivity index (χ4v) is 1.18. The lowest BCUT2D eigenvalue weighted by atomic mass is 10.3. The zero-order valence-corrected chi connectivity index (χ0v) is 9.85. The van der Waals surface area contributed by atoms with Crippen molar-refractivity contribution in [2.24, 2.45) is 0 Å². The zero-order chi connectivity index (χ0) is 12.5. The van der Waals surface area contributed by atoms with Crippen LogP contribution in [0.15, 0.2) is 12.4 Å². The highest BCUT2D eigenvalue weighted by atomic mass is 16.5. The topological polar surface area (TPSA) is 84.3 Å². The van der Waals surface area contributed by atoms with Gasteiger partial charge in [0, 0.05) is 19.0 Å². The highest BCUT2D eigenvalue weighted by molar-refractivity contribution is 5.66. The molecular weight excluding hydrogens is 222 g/mol. The van der Waals surface area contributed by atoms with E-state index in [1.165, 1.54) is 6.33 Å². The van der Waals surface area contributed by atoms with Crippen LogP contribution in [-0.4, -0.2) is 34.2 Å². The van der Waals surface area contributed by atoms with Crippen LogP contribution in [0, 0.1) is 0 Å². The number of aliphatic carboxylic acids is 1. The van der Waals surface area contributed by atoms with E-state index in [0.717, 1.165) is 6.42 Å². The van der Waals surface area contributed by atoms with Gasteiger partial charge in [0.15, 0.2) is 0 Å². The van der Waals surface area contributed by atoms with Crippen LogP contribution in [0.3, 0.4) is 0 Å². The molecule has 6 heteroatoms. The first-order valence-corrected chi connectivity index (χ1v) is 5.63. The number of nitrogens with one attached hydrogen (secondary N) is 1. The fraction of sp³-hybridized carbons (Fsp3) is 0.545. The van der Waals surface area contributed by atoms with Gasteiger partial charge in [0.1, 0.15) is 12.1 Å². The third-order valence-corrected chi connectivity index (χ3v) is 1.97. The number of carbonyl (C=O) groups is 1. The van der Waals surface area contributed by atoms with Gasteiger partial charge in [-0.2, -0.15) is 0 Å². The summed E-state index contributed by atoms with van der Waals surface area (Å²) in [4.78, 5) is 18.3. The van der Waals surface area contributed by atoms with Gasteiger partial charge < -0.3 is 15.2 Å². The predicted octanol–water partition coefficient (Wildman–Crippen LogP) is 1.54. The molecule has 0 spiro atoms. The largest absolute Gasteiger partial charge is 0.481 e. The lowest BCUT2D eigenvalue weighted by Crippen LogP contribution is -2.07. The summed E-state index contributed by atoms with van der Waals surface area (Å²) in [5, 5.41) is 11.5. The maximum absolute atomic E-state index is 10.3. The smallest absolute Gasteiger partial charge is 0.303 e. The molecule has 1 heterocycles. The Bertz CT molecular complexity index is 358. The summed E-state index contributed by atoms with van der Waals surface area (Å²) in [7, 11) is 0. The number of hydrogen-bond acceptors (Lipinski definition) is 5. The Hall–Kier alpha value is -1.85. The molecule has 1 rings (SSSR count). The molecule has 0 aliphatic carbocycles. The third kappa shape index (κ3) is 5.70. The van der Waals surface area contributed by atoms with Crippen molar-refractivity contribution in [3.63, 3.8) is 0 Å². The average Bonchev–Trinajstić information content (AvgIpc) is 2.32. The van der Waals surface area contributed by atoms with E-state index in [1.54, 1.807) is 6.07 Å². The minimum Gasteiger partial charge on any atom is -0.481 e. The quantitative estimate of drug-likeness (QED) is 0.669. The molecule has 2 N–H and O–H groups in total. The minimum absolute atomic E-state index is 0.150. The molecular formula is C11H17N3O3. The van der Waals surface area contributed by atoms with Crippen molar-refractivity contribution in [1.29, 1.82) is 0 Å². The lowest BCUT2D eigenvalue weighted by Gasteiger charge is -2.06. The van der Waals surface area contributed by atoms with Crippen LogP contribution < -0.4 is 10.1 Å². The van der Waals surface area contributed by atoms with Crippen molar-refractivity contribution in [2.75, 3.05) is 18.5 Å². The first kappa shape index (κ1) is 13.2. The van der Waals surface area contributed by atoms with Crippen molar-refractivity contribution in [2.45, 2.75) is 26.2 Å². The highest BCUT2D eigenvalue weighted by Crippen LogP contribution is 2.11. The van der Waals surface area contributed by atoms with Gasteiger partial charge in [-0.15, -0.1) is 0 Å². The van der Waals surface area contributed by atoms with Gasteiger partial charge in [-0.1, -0.05) is 6.92 Å². The van der Waals surface area contributed by atoms with Crippen molar-refractivity contribution in [1.82, 2.24) is 9.97 Å². The van der Waals surface area contributed by atoms with Crippen LogP contribution in [0.5, 0.6) is 5.88 Å². The fourth-order valence-electron chi connectivity index (χ4n) is 1.18. The van der Waals surface area contributed by atoms with Crippen molar-refractivity contribution in [3.8, 4) is 5.88 Å². The molecule has 0 bridgehead atoms. The van der Waals surface area contributed by atoms with Crippen LogP contribution in [-0.2, 0) is 4.79 Å². The Morgan fingerprint density at radius 2 is 2.35 bits per heavy atom. The summed E-state index contributed by atoms with van der Waals surface area (Å²) in [6.45, 7) is 3.21. The van der Waals surface area contributed by atoms with Gasteiger partial charge in [-0.05, 0) is 12.8 Å². The van der Waals surface area contributed by atoms with Crippen LogP contribution >= 0.6 is 0 Å². The Kier molecular flexibility index (Phi) is 5.77. The van der Waals surface area contributed by atoms with Gasteiger partial charge in [0.25, 0.3) is 0 Å². The highest BCUT2D eigenvalue weighted by Gasteiger charge is 2.00. The number of nitrogens with zero attached hydrogens (tertiary/aromatic N) is 2. The van der Waals surface area contributed by atoms with Crippen molar-refractivity contribution < 1.29 is 14.6 Å². The van der Waals surface area contributed by atoms with Crippen molar-refractivity contribution in [3.05, 3.63) is 12.4 Å². The van der Waals surface area contributed by atoms with Gasteiger partial charge in [0.05, 0.1) is 6.61 Å². The summed E-state index contributed by atoms with van der Waals surface area (Å²) < 4.78 is 5.36. The Labute approximate surface area is 100 Å². The third-order valence-electron chi connectivity index (χ3n) is 1.97. The molecule has 0 unspecified atom stereocenters. The molecule has 1 aromatic heterocycles. The van der Waals surface area contributed by atoms with E-state index in [1.807, 2.05) is 6.92 Å². The standard InChI is InChI=1S/C11H17N3O3/c1-2-6-17-10-7-9(13-8-14-10)12-5-3-4-11(15)16/h7-8H,2-6H2,1H3,(H,15,16)(H,12,13,14). The second-order valence-corrected chi connectivity index (χ2v) is 3.51. The molecule has 0 aliphatic heterocycles. The number of rotatable bonds is 8. The molecule has 1 aromatic rings. The molecule has 0 aromatic carbocycles. The Morgan fingerprint density at radius 1 is 1.53 bits per heavy atom. The summed E-state index contributed by atoms with van der Waals surface area (Å²) >= 11 is 0. The second kappa shape index (κ2) is 7.43. The van der Waals surface area contributed by atoms with Crippen LogP contribution in [0.25, 0.3) is 0 Å². The Morgan fingerprint density at radius 3 is 3.06 bits per heavy atom. The predicted molar refractivity (Wildman–Crippen MR) is 63.2 cm³/mol. The van der Waals surface area contributed by atoms with Gasteiger partial charge >= 0.3 is 5.97 Å². The molecule has 0 saturated carbocycles. The maximum Gasteiger partial charge on any atom is 0.303 e. The number of aromatic nitrogens is 2. The van der Waals surface area contributed by atoms with Gasteiger partial charge in [-0.25, -0.2) is 9.97 Å². The van der Waals surface area contributed by atoms with E-state index in [-0.39, 0.29) is 6.42 Å². The molecule has 0 saturated heterocycles. The van der Waals surface area contributed by atoms with E-state index < -0.39 is 5.97 Å². The average molecular weight is 239 g/mol. The molecule has 6 nitrogen and oxygen atoms in total. The first-order chi connectivity index (χ1) is 8.22. The molecule has 0 atom stereocenters. The summed E-state index contributed by atoms with van der Waals surface area (Å²) in [5.41, 5.74) is 0. The zero-order valence-electron chi connectivity index (χ0n) is 9.85. The van der Waals surface area contributed by atoms with E-state index in [0.29, 0.717) is 31.3 Å². The molecule has 0 amide bonds. The van der Waals surface area contributed by atoms with Crippen LogP contribution in [0.4, 0.5) is 5.82 Å². The molecule has 17 heavy (non-hydrogen) atoms. The molecule has 0 fully saturated rings. The van der Waals surface area contributed by atoms with E-state index in [2.05, 4.69) is 15.3 Å². The monoisotopic (exact) mass is 239 g/mol. The SMILES string of the molecule is CCCOc1cc(NCCCC(=O)O)ncn1. The second-order valence-electron chi connectivity index (χ2n) is 3.51. The molecule has 94 valence electrons. The van der Waals surface area contributed by atoms with E-state index >= 15 is 0 Å². The Balaban J connectivity index is 2.34. The van der Waals surface area contributed by atoms with Gasteiger partial charge in [-0.3, -0.25) is 4.79 Å². The minimum atomic E-state index is -0.790. The summed E-state index contributed by atoms with van der Waals surface area (Å²) in [6, 6.07) is 1.70. The van der Waals surface area contributed by atoms with Gasteiger partial charge in [0.2, 0.25) is 5.88 Å². The normalized spacial score (nSPS) is 9.94. The summed E-state index contributed by atoms with van der Waals surface area (Å²) in [5.74, 6) is 0.389. The number of ether oxygens (including phenoxy) is 1. The van der Waals surface area contributed by atoms with Crippen molar-refractivity contribution >= 4 is 11.8 Å². The molecule has 0 radical (unpaired) electrons. The van der Waals surface area contributed by atoms with E-state index in [4.69, 9.17) is 9.84 Å². The lowest BCUT2D eigenvalue weighted by molar-refractivity contribution is -0.137. The maximum atomic E-state index is 10.3. The number of hydrogen-bond donors (Lipinski definition) is 2. The number of anilines is 1. The summed E-state index contributed by atoms with van der Waals surface area (Å²) in [6.07, 6.45) is 3.05. The number of carboxylic acid groups (broad SMARTS) is 1. The van der Waals surface area contributed by atoms with Crippen LogP contribution in [0.1, 0.15) is 26.2 Å². The number of carboxylic acids is 1. The van der Waals surface area contributed by atoms with E-state index in [9.17, 15) is 4.79 Å².